The molecule has 1 heterocycles. The van der Waals surface area contributed by atoms with Crippen LogP contribution in [0.3, 0.4) is 0 Å². The van der Waals surface area contributed by atoms with Crippen LogP contribution in [0.4, 0.5) is 11.4 Å². The Balaban J connectivity index is 1.82. The van der Waals surface area contributed by atoms with E-state index in [9.17, 15) is 15.4 Å². The summed E-state index contributed by atoms with van der Waals surface area (Å²) in [5.41, 5.74) is 3.32. The fourth-order valence-corrected chi connectivity index (χ4v) is 2.87. The average Bonchev–Trinajstić information content (AvgIpc) is 3.15. The standard InChI is InChI=1S/C19H17N3O2/c20-14-17(16-5-9-19(10-6-16)22(23)24)13-15-3-7-18(8-4-15)21-11-1-2-12-21/h3-10,13H,1-2,11-12H2. The number of nitriles is 1. The first-order chi connectivity index (χ1) is 11.7. The SMILES string of the molecule is N#CC(=Cc1ccc(N2CCCC2)cc1)c1ccc([N+](=O)[O-])cc1. The second kappa shape index (κ2) is 6.97. The lowest BCUT2D eigenvalue weighted by atomic mass is 10.0. The lowest BCUT2D eigenvalue weighted by Gasteiger charge is -2.17. The molecule has 2 aromatic carbocycles. The van der Waals surface area contributed by atoms with E-state index in [-0.39, 0.29) is 5.69 Å². The van der Waals surface area contributed by atoms with Crippen LogP contribution in [-0.2, 0) is 0 Å². The topological polar surface area (TPSA) is 70.2 Å². The number of hydrogen-bond acceptors (Lipinski definition) is 4. The van der Waals surface area contributed by atoms with Crippen molar-refractivity contribution in [1.82, 2.24) is 0 Å². The van der Waals surface area contributed by atoms with Crippen LogP contribution in [-0.4, -0.2) is 18.0 Å². The molecule has 3 rings (SSSR count). The molecular weight excluding hydrogens is 302 g/mol. The quantitative estimate of drug-likeness (QED) is 0.365. The third kappa shape index (κ3) is 3.44. The van der Waals surface area contributed by atoms with Gasteiger partial charge in [0.2, 0.25) is 0 Å². The van der Waals surface area contributed by atoms with Gasteiger partial charge in [0.25, 0.3) is 5.69 Å². The number of benzene rings is 2. The molecule has 5 heteroatoms. The molecule has 0 aromatic heterocycles. The van der Waals surface area contributed by atoms with Crippen LogP contribution in [0.5, 0.6) is 0 Å². The Kier molecular flexibility index (Phi) is 4.57. The van der Waals surface area contributed by atoms with Crippen molar-refractivity contribution in [2.75, 3.05) is 18.0 Å². The fourth-order valence-electron chi connectivity index (χ4n) is 2.87. The number of hydrogen-bond donors (Lipinski definition) is 0. The van der Waals surface area contributed by atoms with Gasteiger partial charge in [0.05, 0.1) is 16.6 Å². The molecule has 0 unspecified atom stereocenters. The van der Waals surface area contributed by atoms with Crippen LogP contribution in [0, 0.1) is 21.4 Å². The van der Waals surface area contributed by atoms with E-state index >= 15 is 0 Å². The van der Waals surface area contributed by atoms with Gasteiger partial charge in [-0.3, -0.25) is 10.1 Å². The fraction of sp³-hybridized carbons (Fsp3) is 0.211. The second-order valence-electron chi connectivity index (χ2n) is 5.76. The first kappa shape index (κ1) is 15.8. The van der Waals surface area contributed by atoms with Crippen molar-refractivity contribution in [3.8, 4) is 6.07 Å². The molecular formula is C19H17N3O2. The molecule has 0 aliphatic carbocycles. The van der Waals surface area contributed by atoms with Gasteiger partial charge in [-0.15, -0.1) is 0 Å². The van der Waals surface area contributed by atoms with Gasteiger partial charge in [0, 0.05) is 30.9 Å². The Bertz CT molecular complexity index is 796. The molecule has 0 N–H and O–H groups in total. The van der Waals surface area contributed by atoms with Crippen LogP contribution in [0.25, 0.3) is 11.6 Å². The van der Waals surface area contributed by atoms with Gasteiger partial charge >= 0.3 is 0 Å². The van der Waals surface area contributed by atoms with E-state index in [1.165, 1.54) is 30.7 Å². The second-order valence-corrected chi connectivity index (χ2v) is 5.76. The molecule has 0 saturated carbocycles. The summed E-state index contributed by atoms with van der Waals surface area (Å²) in [6.45, 7) is 2.20. The van der Waals surface area contributed by atoms with Gasteiger partial charge in [0.15, 0.2) is 0 Å². The molecule has 24 heavy (non-hydrogen) atoms. The number of allylic oxidation sites excluding steroid dienone is 1. The largest absolute Gasteiger partial charge is 0.372 e. The van der Waals surface area contributed by atoms with E-state index in [1.807, 2.05) is 12.1 Å². The number of nitrogens with zero attached hydrogens (tertiary/aromatic N) is 3. The Morgan fingerprint density at radius 1 is 1.08 bits per heavy atom. The third-order valence-corrected chi connectivity index (χ3v) is 4.18. The molecule has 1 saturated heterocycles. The van der Waals surface area contributed by atoms with Crippen LogP contribution in [0.1, 0.15) is 24.0 Å². The van der Waals surface area contributed by atoms with Crippen LogP contribution < -0.4 is 4.90 Å². The Hall–Kier alpha value is -3.13. The smallest absolute Gasteiger partial charge is 0.269 e. The van der Waals surface area contributed by atoms with E-state index < -0.39 is 4.92 Å². The molecule has 5 nitrogen and oxygen atoms in total. The summed E-state index contributed by atoms with van der Waals surface area (Å²) in [5, 5.41) is 20.1. The summed E-state index contributed by atoms with van der Waals surface area (Å²) in [5.74, 6) is 0. The average molecular weight is 319 g/mol. The Morgan fingerprint density at radius 2 is 1.71 bits per heavy atom. The number of nitro benzene ring substituents is 1. The van der Waals surface area contributed by atoms with Crippen molar-refractivity contribution < 1.29 is 4.92 Å². The molecule has 0 bridgehead atoms. The van der Waals surface area contributed by atoms with E-state index in [4.69, 9.17) is 0 Å². The summed E-state index contributed by atoms with van der Waals surface area (Å²) in [6.07, 6.45) is 4.27. The molecule has 120 valence electrons. The zero-order chi connectivity index (χ0) is 16.9. The van der Waals surface area contributed by atoms with E-state index in [0.717, 1.165) is 18.7 Å². The maximum absolute atomic E-state index is 10.7. The highest BCUT2D eigenvalue weighted by molar-refractivity contribution is 5.89. The molecule has 2 aromatic rings. The predicted molar refractivity (Wildman–Crippen MR) is 94.5 cm³/mol. The Morgan fingerprint density at radius 3 is 2.25 bits per heavy atom. The van der Waals surface area contributed by atoms with Crippen molar-refractivity contribution >= 4 is 23.0 Å². The van der Waals surface area contributed by atoms with Gasteiger partial charge in [-0.2, -0.15) is 5.26 Å². The van der Waals surface area contributed by atoms with Gasteiger partial charge in [0.1, 0.15) is 0 Å². The number of nitro groups is 1. The highest BCUT2D eigenvalue weighted by atomic mass is 16.6. The number of anilines is 1. The lowest BCUT2D eigenvalue weighted by molar-refractivity contribution is -0.384. The summed E-state index contributed by atoms with van der Waals surface area (Å²) < 4.78 is 0. The van der Waals surface area contributed by atoms with Gasteiger partial charge in [-0.05, 0) is 54.3 Å². The first-order valence-electron chi connectivity index (χ1n) is 7.89. The van der Waals surface area contributed by atoms with Gasteiger partial charge in [-0.1, -0.05) is 12.1 Å². The third-order valence-electron chi connectivity index (χ3n) is 4.18. The zero-order valence-corrected chi connectivity index (χ0v) is 13.2. The Labute approximate surface area is 140 Å². The van der Waals surface area contributed by atoms with E-state index in [0.29, 0.717) is 11.1 Å². The van der Waals surface area contributed by atoms with E-state index in [1.54, 1.807) is 18.2 Å². The number of rotatable bonds is 4. The van der Waals surface area contributed by atoms with Crippen molar-refractivity contribution in [3.63, 3.8) is 0 Å². The van der Waals surface area contributed by atoms with Crippen LogP contribution in [0.2, 0.25) is 0 Å². The molecule has 1 fully saturated rings. The monoisotopic (exact) mass is 319 g/mol. The maximum atomic E-state index is 10.7. The molecule has 0 amide bonds. The minimum absolute atomic E-state index is 0.0194. The minimum atomic E-state index is -0.448. The highest BCUT2D eigenvalue weighted by Gasteiger charge is 2.12. The summed E-state index contributed by atoms with van der Waals surface area (Å²) in [4.78, 5) is 12.6. The predicted octanol–water partition coefficient (Wildman–Crippen LogP) is 4.26. The lowest BCUT2D eigenvalue weighted by Crippen LogP contribution is -2.17. The molecule has 0 radical (unpaired) electrons. The summed E-state index contributed by atoms with van der Waals surface area (Å²) in [6, 6.07) is 16.3. The van der Waals surface area contributed by atoms with Crippen molar-refractivity contribution in [2.24, 2.45) is 0 Å². The van der Waals surface area contributed by atoms with E-state index in [2.05, 4.69) is 23.1 Å². The molecule has 1 aliphatic heterocycles. The highest BCUT2D eigenvalue weighted by Crippen LogP contribution is 2.24. The zero-order valence-electron chi connectivity index (χ0n) is 13.2. The summed E-state index contributed by atoms with van der Waals surface area (Å²) >= 11 is 0. The normalized spacial score (nSPS) is 14.5. The summed E-state index contributed by atoms with van der Waals surface area (Å²) in [7, 11) is 0. The van der Waals surface area contributed by atoms with Crippen LogP contribution in [0.15, 0.2) is 48.5 Å². The van der Waals surface area contributed by atoms with Gasteiger partial charge in [-0.25, -0.2) is 0 Å². The van der Waals surface area contributed by atoms with Crippen molar-refractivity contribution in [3.05, 3.63) is 69.8 Å². The molecule has 1 aliphatic rings. The van der Waals surface area contributed by atoms with Gasteiger partial charge < -0.3 is 4.90 Å². The minimum Gasteiger partial charge on any atom is -0.372 e. The molecule has 0 atom stereocenters. The number of non-ortho nitro benzene ring substituents is 1. The molecule has 0 spiro atoms. The maximum Gasteiger partial charge on any atom is 0.269 e. The first-order valence-corrected chi connectivity index (χ1v) is 7.89. The van der Waals surface area contributed by atoms with Crippen molar-refractivity contribution in [1.29, 1.82) is 5.26 Å². The van der Waals surface area contributed by atoms with Crippen LogP contribution >= 0.6 is 0 Å². The van der Waals surface area contributed by atoms with Crippen molar-refractivity contribution in [2.45, 2.75) is 12.8 Å².